The van der Waals surface area contributed by atoms with Crippen LogP contribution < -0.4 is 0 Å². The van der Waals surface area contributed by atoms with E-state index >= 15 is 0 Å². The first kappa shape index (κ1) is 16.6. The van der Waals surface area contributed by atoms with Crippen LogP contribution >= 0.6 is 24.1 Å². The summed E-state index contributed by atoms with van der Waals surface area (Å²) in [5.41, 5.74) is 2.42. The number of furan rings is 1. The number of aryl methyl sites for hydroxylation is 1. The van der Waals surface area contributed by atoms with Crippen molar-refractivity contribution in [3.8, 4) is 0 Å². The van der Waals surface area contributed by atoms with Gasteiger partial charge in [-0.1, -0.05) is 10.1 Å². The average molecular weight is 383 g/mol. The molecule has 0 aliphatic carbocycles. The summed E-state index contributed by atoms with van der Waals surface area (Å²) in [7, 11) is 0. The maximum absolute atomic E-state index is 8.40. The number of rotatable bonds is 6. The molecule has 25 heavy (non-hydrogen) atoms. The van der Waals surface area contributed by atoms with Crippen LogP contribution in [0.5, 0.6) is 0 Å². The molecule has 0 aliphatic heterocycles. The zero-order valence-corrected chi connectivity index (χ0v) is 14.1. The minimum Gasteiger partial charge on any atom is -0.455 e. The van der Waals surface area contributed by atoms with Crippen LogP contribution in [0.4, 0.5) is 0 Å². The number of oxazole rings is 1. The zero-order chi connectivity index (χ0) is 17.4. The van der Waals surface area contributed by atoms with E-state index in [2.05, 4.69) is 23.7 Å². The third kappa shape index (κ3) is 3.07. The lowest BCUT2D eigenvalue weighted by molar-refractivity contribution is -0.432. The lowest BCUT2D eigenvalue weighted by Gasteiger charge is -2.03. The Hall–Kier alpha value is -1.83. The number of benzene rings is 2. The standard InChI is InChI=1S/C14H9NO8S2/c1-6-15-10-5-11-8(4-12(10)18-6)9-2-7(24-22-20-16)3-13(14(9)19-11)25-23-21-17/h2-5,16-17H,1H3. The molecule has 2 aromatic heterocycles. The summed E-state index contributed by atoms with van der Waals surface area (Å²) in [5, 5.41) is 25.5. The fraction of sp³-hybridized carbons (Fsp3) is 0.0714. The van der Waals surface area contributed by atoms with Gasteiger partial charge in [0.15, 0.2) is 17.1 Å². The molecule has 130 valence electrons. The summed E-state index contributed by atoms with van der Waals surface area (Å²) in [6, 6.07) is 7.03. The van der Waals surface area contributed by atoms with Gasteiger partial charge in [-0.2, -0.15) is 0 Å². The van der Waals surface area contributed by atoms with Crippen molar-refractivity contribution in [2.24, 2.45) is 0 Å². The predicted molar refractivity (Wildman–Crippen MR) is 87.3 cm³/mol. The summed E-state index contributed by atoms with van der Waals surface area (Å²) < 4.78 is 20.5. The molecule has 0 bridgehead atoms. The van der Waals surface area contributed by atoms with Crippen LogP contribution in [-0.2, 0) is 18.7 Å². The van der Waals surface area contributed by atoms with E-state index in [0.29, 0.717) is 37.9 Å². The highest BCUT2D eigenvalue weighted by Gasteiger charge is 2.17. The van der Waals surface area contributed by atoms with E-state index in [1.807, 2.05) is 6.07 Å². The summed E-state index contributed by atoms with van der Waals surface area (Å²) in [4.78, 5) is 5.38. The lowest BCUT2D eigenvalue weighted by Crippen LogP contribution is -1.83. The summed E-state index contributed by atoms with van der Waals surface area (Å²) >= 11 is 1.53. The maximum Gasteiger partial charge on any atom is 0.192 e. The van der Waals surface area contributed by atoms with Gasteiger partial charge in [-0.05, 0) is 18.2 Å². The van der Waals surface area contributed by atoms with E-state index in [0.717, 1.165) is 34.9 Å². The van der Waals surface area contributed by atoms with Crippen LogP contribution in [0.1, 0.15) is 5.89 Å². The van der Waals surface area contributed by atoms with Crippen molar-refractivity contribution in [2.75, 3.05) is 0 Å². The van der Waals surface area contributed by atoms with Crippen LogP contribution in [0.15, 0.2) is 42.9 Å². The van der Waals surface area contributed by atoms with E-state index < -0.39 is 0 Å². The number of fused-ring (bicyclic) bond motifs is 4. The molecule has 0 spiro atoms. The molecule has 0 radical (unpaired) electrons. The second kappa shape index (κ2) is 6.82. The van der Waals surface area contributed by atoms with Gasteiger partial charge in [-0.3, -0.25) is 0 Å². The molecule has 0 unspecified atom stereocenters. The molecule has 9 nitrogen and oxygen atoms in total. The minimum atomic E-state index is 0.507. The molecule has 0 amide bonds. The molecule has 0 aliphatic rings. The van der Waals surface area contributed by atoms with Crippen molar-refractivity contribution in [1.82, 2.24) is 4.98 Å². The summed E-state index contributed by atoms with van der Waals surface area (Å²) in [5.74, 6) is 0.557. The van der Waals surface area contributed by atoms with E-state index in [-0.39, 0.29) is 0 Å². The Morgan fingerprint density at radius 3 is 2.52 bits per heavy atom. The van der Waals surface area contributed by atoms with Gasteiger partial charge in [-0.15, -0.1) is 8.67 Å². The Bertz CT molecular complexity index is 1060. The van der Waals surface area contributed by atoms with Crippen molar-refractivity contribution in [2.45, 2.75) is 16.7 Å². The highest BCUT2D eigenvalue weighted by Crippen LogP contribution is 2.40. The Morgan fingerprint density at radius 2 is 1.72 bits per heavy atom. The van der Waals surface area contributed by atoms with Crippen LogP contribution in [-0.4, -0.2) is 15.5 Å². The van der Waals surface area contributed by atoms with Crippen LogP contribution in [0.25, 0.3) is 33.0 Å². The average Bonchev–Trinajstić information content (AvgIpc) is 3.14. The zero-order valence-electron chi connectivity index (χ0n) is 12.4. The molecule has 0 atom stereocenters. The first-order chi connectivity index (χ1) is 12.2. The van der Waals surface area contributed by atoms with E-state index in [9.17, 15) is 0 Å². The number of nitrogens with zero attached hydrogens (tertiary/aromatic N) is 1. The Balaban J connectivity index is 1.95. The largest absolute Gasteiger partial charge is 0.455 e. The minimum absolute atomic E-state index is 0.507. The third-order valence-corrected chi connectivity index (χ3v) is 4.61. The van der Waals surface area contributed by atoms with Crippen LogP contribution in [0.3, 0.4) is 0 Å². The van der Waals surface area contributed by atoms with Crippen molar-refractivity contribution in [1.29, 1.82) is 0 Å². The topological polar surface area (TPSA) is 117 Å². The van der Waals surface area contributed by atoms with Gasteiger partial charge >= 0.3 is 0 Å². The normalized spacial score (nSPS) is 12.0. The Morgan fingerprint density at radius 1 is 0.920 bits per heavy atom. The summed E-state index contributed by atoms with van der Waals surface area (Å²) in [6.45, 7) is 1.77. The van der Waals surface area contributed by atoms with Gasteiger partial charge in [0.25, 0.3) is 0 Å². The van der Waals surface area contributed by atoms with Gasteiger partial charge in [-0.25, -0.2) is 15.5 Å². The molecular weight excluding hydrogens is 374 g/mol. The van der Waals surface area contributed by atoms with Gasteiger partial charge in [0.05, 0.1) is 29.0 Å². The third-order valence-electron chi connectivity index (χ3n) is 3.44. The Labute approximate surface area is 147 Å². The lowest BCUT2D eigenvalue weighted by atomic mass is 10.1. The van der Waals surface area contributed by atoms with Crippen molar-refractivity contribution >= 4 is 57.1 Å². The monoisotopic (exact) mass is 383 g/mol. The first-order valence-electron chi connectivity index (χ1n) is 6.76. The molecule has 11 heteroatoms. The predicted octanol–water partition coefficient (Wildman–Crippen LogP) is 4.89. The first-order valence-corrected chi connectivity index (χ1v) is 8.25. The molecule has 2 heterocycles. The van der Waals surface area contributed by atoms with Gasteiger partial charge in [0, 0.05) is 28.7 Å². The van der Waals surface area contributed by atoms with Crippen molar-refractivity contribution < 1.29 is 38.1 Å². The fourth-order valence-electron chi connectivity index (χ4n) is 2.57. The quantitative estimate of drug-likeness (QED) is 0.269. The second-order valence-corrected chi connectivity index (χ2v) is 6.42. The molecule has 4 aromatic rings. The van der Waals surface area contributed by atoms with E-state index in [1.165, 1.54) is 0 Å². The van der Waals surface area contributed by atoms with E-state index in [4.69, 9.17) is 19.3 Å². The highest BCUT2D eigenvalue weighted by molar-refractivity contribution is 7.95. The maximum atomic E-state index is 8.40. The number of aromatic nitrogens is 1. The van der Waals surface area contributed by atoms with Crippen LogP contribution in [0.2, 0.25) is 0 Å². The molecular formula is C14H9NO8S2. The van der Waals surface area contributed by atoms with Gasteiger partial charge in [0.1, 0.15) is 11.1 Å². The second-order valence-electron chi connectivity index (χ2n) is 4.90. The van der Waals surface area contributed by atoms with Gasteiger partial charge in [0.2, 0.25) is 0 Å². The smallest absolute Gasteiger partial charge is 0.192 e. The molecule has 0 fully saturated rings. The van der Waals surface area contributed by atoms with Crippen molar-refractivity contribution in [3.05, 3.63) is 30.2 Å². The van der Waals surface area contributed by atoms with E-state index in [1.54, 1.807) is 25.1 Å². The van der Waals surface area contributed by atoms with Gasteiger partial charge < -0.3 is 8.83 Å². The SMILES string of the molecule is Cc1nc2cc3oc4c(SOOO)cc(SOOO)cc4c3cc2o1. The number of hydrogen-bond donors (Lipinski definition) is 2. The fourth-order valence-corrected chi connectivity index (χ4v) is 3.60. The molecule has 2 aromatic carbocycles. The van der Waals surface area contributed by atoms with Crippen molar-refractivity contribution in [3.63, 3.8) is 0 Å². The Kier molecular flexibility index (Phi) is 4.54. The molecule has 4 rings (SSSR count). The molecule has 2 N–H and O–H groups in total. The number of hydrogen-bond acceptors (Lipinski definition) is 11. The molecule has 0 saturated heterocycles. The summed E-state index contributed by atoms with van der Waals surface area (Å²) in [6.07, 6.45) is 0. The highest BCUT2D eigenvalue weighted by atomic mass is 32.2. The molecule has 0 saturated carbocycles. The van der Waals surface area contributed by atoms with Crippen LogP contribution in [0, 0.1) is 6.92 Å².